The maximum Gasteiger partial charge on any atom is 0.274 e. The van der Waals surface area contributed by atoms with Crippen LogP contribution in [0.1, 0.15) is 41.5 Å². The summed E-state index contributed by atoms with van der Waals surface area (Å²) in [7, 11) is -1.65. The summed E-state index contributed by atoms with van der Waals surface area (Å²) in [4.78, 5) is 0. The first kappa shape index (κ1) is 15.3. The molecule has 2 nitrogen and oxygen atoms in total. The van der Waals surface area contributed by atoms with Crippen molar-refractivity contribution in [2.75, 3.05) is 19.9 Å². The molecule has 0 aliphatic carbocycles. The van der Waals surface area contributed by atoms with Crippen LogP contribution in [0.2, 0.25) is 0 Å². The SMILES string of the molecule is CC(C)CO[P+](C)(OCC(C)C)C(C)C. The summed E-state index contributed by atoms with van der Waals surface area (Å²) in [6.07, 6.45) is 0. The molecule has 0 bridgehead atoms. The Kier molecular flexibility index (Phi) is 6.99. The molecule has 0 aromatic carbocycles. The minimum absolute atomic E-state index is 0.481. The number of rotatable bonds is 7. The van der Waals surface area contributed by atoms with E-state index in [9.17, 15) is 0 Å². The van der Waals surface area contributed by atoms with Crippen LogP contribution in [0.4, 0.5) is 0 Å². The molecule has 0 aliphatic rings. The molecule has 0 heterocycles. The summed E-state index contributed by atoms with van der Waals surface area (Å²) in [6, 6.07) is 0. The lowest BCUT2D eigenvalue weighted by Gasteiger charge is -2.25. The van der Waals surface area contributed by atoms with Gasteiger partial charge >= 0.3 is 0 Å². The summed E-state index contributed by atoms with van der Waals surface area (Å²) in [5.41, 5.74) is 0.481. The number of hydrogen-bond donors (Lipinski definition) is 0. The molecule has 0 radical (unpaired) electrons. The van der Waals surface area contributed by atoms with Gasteiger partial charge in [-0.25, -0.2) is 9.05 Å². The predicted octanol–water partition coefficient (Wildman–Crippen LogP) is 4.22. The molecule has 0 saturated carbocycles. The maximum absolute atomic E-state index is 5.99. The van der Waals surface area contributed by atoms with E-state index in [4.69, 9.17) is 9.05 Å². The van der Waals surface area contributed by atoms with E-state index in [1.54, 1.807) is 0 Å². The van der Waals surface area contributed by atoms with Crippen LogP contribution in [0.3, 0.4) is 0 Å². The molecule has 0 aromatic rings. The average molecular weight is 235 g/mol. The molecule has 0 fully saturated rings. The third-order valence-corrected chi connectivity index (χ3v) is 5.47. The Morgan fingerprint density at radius 3 is 1.33 bits per heavy atom. The van der Waals surface area contributed by atoms with Gasteiger partial charge in [-0.1, -0.05) is 27.7 Å². The molecule has 0 aromatic heterocycles. The summed E-state index contributed by atoms with van der Waals surface area (Å²) in [5.74, 6) is 1.15. The van der Waals surface area contributed by atoms with E-state index in [1.807, 2.05) is 0 Å². The van der Waals surface area contributed by atoms with Gasteiger partial charge in [-0.15, -0.1) is 0 Å². The average Bonchev–Trinajstić information content (AvgIpc) is 2.11. The molecule has 0 spiro atoms. The van der Waals surface area contributed by atoms with Crippen LogP contribution in [0, 0.1) is 11.8 Å². The Balaban J connectivity index is 4.19. The van der Waals surface area contributed by atoms with Crippen LogP contribution in [-0.2, 0) is 9.05 Å². The first-order valence-electron chi connectivity index (χ1n) is 5.93. The fraction of sp³-hybridized carbons (Fsp3) is 1.00. The zero-order chi connectivity index (χ0) is 12.1. The third-order valence-electron chi connectivity index (χ3n) is 2.27. The Morgan fingerprint density at radius 1 is 0.800 bits per heavy atom. The molecule has 92 valence electrons. The van der Waals surface area contributed by atoms with Crippen LogP contribution in [0.15, 0.2) is 0 Å². The maximum atomic E-state index is 5.99. The van der Waals surface area contributed by atoms with Crippen molar-refractivity contribution in [2.24, 2.45) is 11.8 Å². The lowest BCUT2D eigenvalue weighted by molar-refractivity contribution is 0.192. The van der Waals surface area contributed by atoms with Crippen LogP contribution in [0.5, 0.6) is 0 Å². The van der Waals surface area contributed by atoms with Crippen molar-refractivity contribution in [2.45, 2.75) is 47.2 Å². The van der Waals surface area contributed by atoms with Gasteiger partial charge in [-0.3, -0.25) is 0 Å². The van der Waals surface area contributed by atoms with Gasteiger partial charge in [0.25, 0.3) is 7.72 Å². The zero-order valence-corrected chi connectivity index (χ0v) is 12.3. The fourth-order valence-electron chi connectivity index (χ4n) is 0.930. The van der Waals surface area contributed by atoms with Gasteiger partial charge in [-0.2, -0.15) is 0 Å². The molecule has 0 aliphatic heterocycles. The fourth-order valence-corrected chi connectivity index (χ4v) is 2.79. The molecule has 0 N–H and O–H groups in total. The standard InChI is InChI=1S/C12H28O2P/c1-10(2)8-13-15(7,12(5)6)14-9-11(3)4/h10-12H,8-9H2,1-7H3/q+1. The highest BCUT2D eigenvalue weighted by Crippen LogP contribution is 2.61. The van der Waals surface area contributed by atoms with E-state index < -0.39 is 7.72 Å². The van der Waals surface area contributed by atoms with Crippen LogP contribution in [0.25, 0.3) is 0 Å². The zero-order valence-electron chi connectivity index (χ0n) is 11.4. The predicted molar refractivity (Wildman–Crippen MR) is 69.6 cm³/mol. The van der Waals surface area contributed by atoms with Gasteiger partial charge in [-0.05, 0) is 25.7 Å². The van der Waals surface area contributed by atoms with Crippen LogP contribution < -0.4 is 0 Å². The van der Waals surface area contributed by atoms with E-state index in [2.05, 4.69) is 48.2 Å². The van der Waals surface area contributed by atoms with Gasteiger partial charge in [0.05, 0.1) is 13.2 Å². The highest BCUT2D eigenvalue weighted by atomic mass is 31.2. The highest BCUT2D eigenvalue weighted by Gasteiger charge is 2.40. The van der Waals surface area contributed by atoms with E-state index in [-0.39, 0.29) is 0 Å². The molecule has 0 atom stereocenters. The van der Waals surface area contributed by atoms with Crippen molar-refractivity contribution in [3.8, 4) is 0 Å². The van der Waals surface area contributed by atoms with Gasteiger partial charge in [0.1, 0.15) is 12.3 Å². The minimum atomic E-state index is -1.65. The third kappa shape index (κ3) is 6.50. The summed E-state index contributed by atoms with van der Waals surface area (Å²) in [6.45, 7) is 16.8. The van der Waals surface area contributed by atoms with Crippen molar-refractivity contribution < 1.29 is 9.05 Å². The van der Waals surface area contributed by atoms with Crippen LogP contribution in [-0.4, -0.2) is 25.5 Å². The van der Waals surface area contributed by atoms with E-state index >= 15 is 0 Å². The van der Waals surface area contributed by atoms with Crippen molar-refractivity contribution >= 4 is 7.72 Å². The topological polar surface area (TPSA) is 18.5 Å². The first-order valence-corrected chi connectivity index (χ1v) is 8.07. The quantitative estimate of drug-likeness (QED) is 0.615. The van der Waals surface area contributed by atoms with Gasteiger partial charge in [0, 0.05) is 0 Å². The number of hydrogen-bond acceptors (Lipinski definition) is 2. The Bertz CT molecular complexity index is 155. The van der Waals surface area contributed by atoms with Gasteiger partial charge < -0.3 is 0 Å². The largest absolute Gasteiger partial charge is 0.274 e. The lowest BCUT2D eigenvalue weighted by atomic mass is 10.2. The smallest absolute Gasteiger partial charge is 0.206 e. The molecule has 0 rings (SSSR count). The van der Waals surface area contributed by atoms with E-state index in [1.165, 1.54) is 0 Å². The van der Waals surface area contributed by atoms with Crippen molar-refractivity contribution in [3.63, 3.8) is 0 Å². The van der Waals surface area contributed by atoms with E-state index in [0.29, 0.717) is 17.5 Å². The molecule has 0 unspecified atom stereocenters. The van der Waals surface area contributed by atoms with Crippen molar-refractivity contribution in [1.82, 2.24) is 0 Å². The second-order valence-electron chi connectivity index (χ2n) is 5.38. The Morgan fingerprint density at radius 2 is 1.13 bits per heavy atom. The molecule has 0 saturated heterocycles. The van der Waals surface area contributed by atoms with Gasteiger partial charge in [0.15, 0.2) is 0 Å². The molecule has 3 heteroatoms. The normalized spacial score (nSPS) is 13.2. The monoisotopic (exact) mass is 235 g/mol. The first-order chi connectivity index (χ1) is 6.78. The van der Waals surface area contributed by atoms with Gasteiger partial charge in [0.2, 0.25) is 0 Å². The molecular weight excluding hydrogens is 207 g/mol. The summed E-state index contributed by atoms with van der Waals surface area (Å²) < 4.78 is 12.0. The lowest BCUT2D eigenvalue weighted by Crippen LogP contribution is -2.16. The van der Waals surface area contributed by atoms with Crippen LogP contribution >= 0.6 is 7.72 Å². The van der Waals surface area contributed by atoms with Crippen molar-refractivity contribution in [1.29, 1.82) is 0 Å². The summed E-state index contributed by atoms with van der Waals surface area (Å²) >= 11 is 0. The van der Waals surface area contributed by atoms with Crippen molar-refractivity contribution in [3.05, 3.63) is 0 Å². The van der Waals surface area contributed by atoms with E-state index in [0.717, 1.165) is 13.2 Å². The second-order valence-corrected chi connectivity index (χ2v) is 8.75. The Labute approximate surface area is 96.2 Å². The Hall–Kier alpha value is 0.350. The molecule has 15 heavy (non-hydrogen) atoms. The summed E-state index contributed by atoms with van der Waals surface area (Å²) in [5, 5.41) is 0. The highest BCUT2D eigenvalue weighted by molar-refractivity contribution is 7.66. The molecular formula is C12H28O2P+. The minimum Gasteiger partial charge on any atom is -0.206 e. The second kappa shape index (κ2) is 6.83. The molecule has 0 amide bonds.